The molecule has 0 bridgehead atoms. The molecule has 0 N–H and O–H groups in total. The Kier molecular flexibility index (Phi) is 5.44. The van der Waals surface area contributed by atoms with E-state index in [4.69, 9.17) is 16.0 Å². The van der Waals surface area contributed by atoms with E-state index in [1.807, 2.05) is 42.5 Å². The van der Waals surface area contributed by atoms with E-state index in [1.165, 1.54) is 4.90 Å². The van der Waals surface area contributed by atoms with Crippen LogP contribution in [0.5, 0.6) is 0 Å². The molecule has 2 heterocycles. The second-order valence-electron chi connectivity index (χ2n) is 6.10. The number of carbonyl (C=O) groups is 2. The summed E-state index contributed by atoms with van der Waals surface area (Å²) >= 11 is 10.2. The van der Waals surface area contributed by atoms with Gasteiger partial charge in [0, 0.05) is 21.1 Å². The average molecular weight is 475 g/mol. The van der Waals surface area contributed by atoms with Gasteiger partial charge in [0.05, 0.1) is 11.4 Å². The predicted molar refractivity (Wildman–Crippen MR) is 115 cm³/mol. The van der Waals surface area contributed by atoms with Crippen LogP contribution in [0.4, 0.5) is 4.79 Å². The first-order valence-electron chi connectivity index (χ1n) is 8.35. The summed E-state index contributed by atoms with van der Waals surface area (Å²) in [6.07, 6.45) is 1.60. The van der Waals surface area contributed by atoms with Gasteiger partial charge in [-0.05, 0) is 65.9 Å². The molecule has 0 saturated carbocycles. The Morgan fingerprint density at radius 1 is 1.00 bits per heavy atom. The van der Waals surface area contributed by atoms with Crippen LogP contribution in [0.25, 0.3) is 17.4 Å². The van der Waals surface area contributed by atoms with Crippen LogP contribution in [0.3, 0.4) is 0 Å². The lowest BCUT2D eigenvalue weighted by Gasteiger charge is -2.12. The van der Waals surface area contributed by atoms with Gasteiger partial charge < -0.3 is 4.42 Å². The van der Waals surface area contributed by atoms with Crippen molar-refractivity contribution in [3.63, 3.8) is 0 Å². The fourth-order valence-electron chi connectivity index (χ4n) is 2.74. The van der Waals surface area contributed by atoms with Gasteiger partial charge in [0.2, 0.25) is 0 Å². The predicted octanol–water partition coefficient (Wildman–Crippen LogP) is 6.60. The van der Waals surface area contributed by atoms with Crippen molar-refractivity contribution in [3.05, 3.63) is 86.4 Å². The fourth-order valence-corrected chi connectivity index (χ4v) is 3.95. The van der Waals surface area contributed by atoms with Crippen molar-refractivity contribution in [2.24, 2.45) is 0 Å². The van der Waals surface area contributed by atoms with E-state index < -0.39 is 0 Å². The van der Waals surface area contributed by atoms with Crippen molar-refractivity contribution < 1.29 is 14.0 Å². The minimum atomic E-state index is -0.317. The summed E-state index contributed by atoms with van der Waals surface area (Å²) in [6, 6.07) is 18.4. The summed E-state index contributed by atoms with van der Waals surface area (Å²) in [5, 5.41) is 0.360. The highest BCUT2D eigenvalue weighted by Gasteiger charge is 2.35. The number of furan rings is 1. The van der Waals surface area contributed by atoms with Gasteiger partial charge in [-0.25, -0.2) is 0 Å². The van der Waals surface area contributed by atoms with Crippen LogP contribution >= 0.6 is 39.3 Å². The molecule has 2 aromatic carbocycles. The van der Waals surface area contributed by atoms with Crippen LogP contribution in [-0.4, -0.2) is 16.0 Å². The Morgan fingerprint density at radius 3 is 2.43 bits per heavy atom. The van der Waals surface area contributed by atoms with Gasteiger partial charge >= 0.3 is 0 Å². The smallest absolute Gasteiger partial charge is 0.293 e. The third-order valence-electron chi connectivity index (χ3n) is 4.16. The number of rotatable bonds is 4. The van der Waals surface area contributed by atoms with Gasteiger partial charge in [-0.2, -0.15) is 0 Å². The number of imide groups is 1. The molecule has 1 aromatic heterocycles. The van der Waals surface area contributed by atoms with Crippen molar-refractivity contribution >= 4 is 56.5 Å². The zero-order valence-corrected chi connectivity index (χ0v) is 17.6. The highest BCUT2D eigenvalue weighted by atomic mass is 79.9. The lowest BCUT2D eigenvalue weighted by Crippen LogP contribution is -2.27. The minimum absolute atomic E-state index is 0.240. The molecule has 2 amide bonds. The van der Waals surface area contributed by atoms with Crippen molar-refractivity contribution in [1.29, 1.82) is 0 Å². The number of thioether (sulfide) groups is 1. The molecule has 1 fully saturated rings. The Bertz CT molecular complexity index is 1070. The molecule has 1 aliphatic heterocycles. The zero-order valence-electron chi connectivity index (χ0n) is 14.4. The van der Waals surface area contributed by atoms with E-state index >= 15 is 0 Å². The Labute approximate surface area is 179 Å². The summed E-state index contributed by atoms with van der Waals surface area (Å²) in [6.45, 7) is 0.240. The molecule has 4 nitrogen and oxygen atoms in total. The molecule has 4 rings (SSSR count). The monoisotopic (exact) mass is 473 g/mol. The van der Waals surface area contributed by atoms with Crippen molar-refractivity contribution in [1.82, 2.24) is 4.90 Å². The Morgan fingerprint density at radius 2 is 1.71 bits per heavy atom. The molecule has 1 saturated heterocycles. The number of amides is 2. The van der Waals surface area contributed by atoms with Gasteiger partial charge in [-0.15, -0.1) is 0 Å². The molecule has 7 heteroatoms. The van der Waals surface area contributed by atoms with Crippen LogP contribution in [-0.2, 0) is 11.3 Å². The number of hydrogen-bond acceptors (Lipinski definition) is 4. The first kappa shape index (κ1) is 19.1. The van der Waals surface area contributed by atoms with E-state index in [9.17, 15) is 9.59 Å². The maximum Gasteiger partial charge on any atom is 0.293 e. The van der Waals surface area contributed by atoms with Crippen molar-refractivity contribution in [2.75, 3.05) is 0 Å². The lowest BCUT2D eigenvalue weighted by atomic mass is 10.2. The normalized spacial score (nSPS) is 15.6. The SMILES string of the molecule is O=C1S/C(=C\c2ccc(-c3ccc(Cl)cc3)o2)C(=O)N1Cc1ccc(Br)cc1. The summed E-state index contributed by atoms with van der Waals surface area (Å²) in [5.41, 5.74) is 1.77. The third-order valence-corrected chi connectivity index (χ3v) is 5.84. The van der Waals surface area contributed by atoms with Gasteiger partial charge in [0.15, 0.2) is 0 Å². The quantitative estimate of drug-likeness (QED) is 0.400. The molecule has 0 spiro atoms. The molecule has 0 unspecified atom stereocenters. The molecule has 0 atom stereocenters. The van der Waals surface area contributed by atoms with E-state index in [0.717, 1.165) is 27.4 Å². The van der Waals surface area contributed by atoms with Crippen LogP contribution in [0.2, 0.25) is 5.02 Å². The van der Waals surface area contributed by atoms with Crippen LogP contribution in [0.1, 0.15) is 11.3 Å². The highest BCUT2D eigenvalue weighted by Crippen LogP contribution is 2.34. The van der Waals surface area contributed by atoms with Gasteiger partial charge in [0.1, 0.15) is 11.5 Å². The molecule has 28 heavy (non-hydrogen) atoms. The number of hydrogen-bond donors (Lipinski definition) is 0. The van der Waals surface area contributed by atoms with E-state index in [1.54, 1.807) is 24.3 Å². The zero-order chi connectivity index (χ0) is 19.7. The Balaban J connectivity index is 1.52. The van der Waals surface area contributed by atoms with Crippen molar-refractivity contribution in [2.45, 2.75) is 6.54 Å². The lowest BCUT2D eigenvalue weighted by molar-refractivity contribution is -0.123. The first-order valence-corrected chi connectivity index (χ1v) is 10.3. The summed E-state index contributed by atoms with van der Waals surface area (Å²) in [4.78, 5) is 26.5. The molecule has 3 aromatic rings. The second kappa shape index (κ2) is 7.99. The summed E-state index contributed by atoms with van der Waals surface area (Å²) < 4.78 is 6.75. The standard InChI is InChI=1S/C21H13BrClNO3S/c22-15-5-1-13(2-6-15)12-24-20(25)19(28-21(24)26)11-17-9-10-18(27-17)14-3-7-16(23)8-4-14/h1-11H,12H2/b19-11-. The van der Waals surface area contributed by atoms with Crippen LogP contribution in [0, 0.1) is 0 Å². The maximum atomic E-state index is 12.7. The average Bonchev–Trinajstić information content (AvgIpc) is 3.24. The van der Waals surface area contributed by atoms with Crippen LogP contribution in [0.15, 0.2) is 74.5 Å². The fraction of sp³-hybridized carbons (Fsp3) is 0.0476. The minimum Gasteiger partial charge on any atom is -0.457 e. The van der Waals surface area contributed by atoms with Gasteiger partial charge in [0.25, 0.3) is 11.1 Å². The second-order valence-corrected chi connectivity index (χ2v) is 8.45. The summed E-state index contributed by atoms with van der Waals surface area (Å²) in [7, 11) is 0. The number of halogens is 2. The molecular formula is C21H13BrClNO3S. The molecule has 140 valence electrons. The molecule has 1 aliphatic rings. The topological polar surface area (TPSA) is 50.5 Å². The highest BCUT2D eigenvalue weighted by molar-refractivity contribution is 9.10. The molecule has 0 radical (unpaired) electrons. The van der Waals surface area contributed by atoms with Crippen molar-refractivity contribution in [3.8, 4) is 11.3 Å². The number of carbonyl (C=O) groups excluding carboxylic acids is 2. The van der Waals surface area contributed by atoms with Gasteiger partial charge in [-0.3, -0.25) is 14.5 Å². The Hall–Kier alpha value is -2.28. The van der Waals surface area contributed by atoms with Crippen LogP contribution < -0.4 is 0 Å². The van der Waals surface area contributed by atoms with E-state index in [-0.39, 0.29) is 17.7 Å². The first-order chi connectivity index (χ1) is 13.5. The number of nitrogens with zero attached hydrogens (tertiary/aromatic N) is 1. The maximum absolute atomic E-state index is 12.7. The third kappa shape index (κ3) is 4.09. The van der Waals surface area contributed by atoms with Gasteiger partial charge in [-0.1, -0.05) is 39.7 Å². The summed E-state index contributed by atoms with van der Waals surface area (Å²) in [5.74, 6) is 0.860. The van der Waals surface area contributed by atoms with E-state index in [2.05, 4.69) is 15.9 Å². The number of benzene rings is 2. The largest absolute Gasteiger partial charge is 0.457 e. The molecular weight excluding hydrogens is 462 g/mol. The molecule has 0 aliphatic carbocycles. The van der Waals surface area contributed by atoms with E-state index in [0.29, 0.717) is 21.4 Å².